The number of hydrogen-bond donors (Lipinski definition) is 0. The molecule has 2 aromatic rings. The highest BCUT2D eigenvalue weighted by Gasteiger charge is 1.98. The fourth-order valence-corrected chi connectivity index (χ4v) is 1.07. The molecule has 0 spiro atoms. The number of rotatable bonds is 0. The SMILES string of the molecule is Brc1nnc2cccnn12. The summed E-state index contributed by atoms with van der Waals surface area (Å²) in [7, 11) is 0. The van der Waals surface area contributed by atoms with Crippen LogP contribution in [0.15, 0.2) is 23.1 Å². The maximum absolute atomic E-state index is 3.99. The number of aromatic nitrogens is 4. The molecule has 2 aromatic heterocycles. The first-order valence-corrected chi connectivity index (χ1v) is 3.49. The molecule has 2 rings (SSSR count). The Balaban J connectivity index is 2.93. The van der Waals surface area contributed by atoms with Crippen LogP contribution in [-0.4, -0.2) is 19.8 Å². The molecule has 0 aliphatic heterocycles. The first kappa shape index (κ1) is 5.79. The summed E-state index contributed by atoms with van der Waals surface area (Å²) in [5.74, 6) is 0. The van der Waals surface area contributed by atoms with Crippen LogP contribution in [0.25, 0.3) is 5.65 Å². The molecule has 0 bridgehead atoms. The summed E-state index contributed by atoms with van der Waals surface area (Å²) < 4.78 is 2.24. The molecule has 0 saturated heterocycles. The lowest BCUT2D eigenvalue weighted by atomic mass is 10.6. The fourth-order valence-electron chi connectivity index (χ4n) is 0.717. The maximum atomic E-state index is 3.99. The molecule has 0 amide bonds. The molecule has 0 fully saturated rings. The van der Waals surface area contributed by atoms with Gasteiger partial charge >= 0.3 is 0 Å². The van der Waals surface area contributed by atoms with Crippen molar-refractivity contribution in [1.29, 1.82) is 0 Å². The summed E-state index contributed by atoms with van der Waals surface area (Å²) in [6.45, 7) is 0. The Morgan fingerprint density at radius 2 is 2.30 bits per heavy atom. The van der Waals surface area contributed by atoms with Gasteiger partial charge in [0.1, 0.15) is 0 Å². The van der Waals surface area contributed by atoms with E-state index in [9.17, 15) is 0 Å². The van der Waals surface area contributed by atoms with Gasteiger partial charge < -0.3 is 0 Å². The zero-order valence-electron chi connectivity index (χ0n) is 4.90. The smallest absolute Gasteiger partial charge is 0.187 e. The third-order valence-electron chi connectivity index (χ3n) is 1.14. The van der Waals surface area contributed by atoms with Crippen molar-refractivity contribution in [2.24, 2.45) is 0 Å². The number of hydrogen-bond acceptors (Lipinski definition) is 3. The van der Waals surface area contributed by atoms with Crippen LogP contribution >= 0.6 is 15.9 Å². The Morgan fingerprint density at radius 1 is 1.40 bits per heavy atom. The molecule has 0 radical (unpaired) electrons. The second-order valence-corrected chi connectivity index (χ2v) is 2.47. The van der Waals surface area contributed by atoms with Crippen LogP contribution in [0.4, 0.5) is 0 Å². The van der Waals surface area contributed by atoms with Crippen LogP contribution in [0.2, 0.25) is 0 Å². The highest BCUT2D eigenvalue weighted by molar-refractivity contribution is 9.10. The molecule has 0 unspecified atom stereocenters. The maximum Gasteiger partial charge on any atom is 0.221 e. The molecule has 0 aromatic carbocycles. The number of nitrogens with zero attached hydrogens (tertiary/aromatic N) is 4. The standard InChI is InChI=1S/C5H3BrN4/c6-5-9-8-4-2-1-3-7-10(4)5/h1-3H. The van der Waals surface area contributed by atoms with Gasteiger partial charge in [0.05, 0.1) is 0 Å². The largest absolute Gasteiger partial charge is 0.221 e. The van der Waals surface area contributed by atoms with E-state index in [0.717, 1.165) is 5.65 Å². The average molecular weight is 199 g/mol. The third-order valence-corrected chi connectivity index (χ3v) is 1.63. The first-order chi connectivity index (χ1) is 4.88. The van der Waals surface area contributed by atoms with Crippen molar-refractivity contribution in [3.63, 3.8) is 0 Å². The summed E-state index contributed by atoms with van der Waals surface area (Å²) in [5.41, 5.74) is 0.745. The van der Waals surface area contributed by atoms with E-state index in [1.807, 2.05) is 12.1 Å². The lowest BCUT2D eigenvalue weighted by molar-refractivity contribution is 0.897. The summed E-state index contributed by atoms with van der Waals surface area (Å²) in [5, 5.41) is 11.6. The van der Waals surface area contributed by atoms with Gasteiger partial charge in [0.2, 0.25) is 4.73 Å². The Bertz CT molecular complexity index is 355. The van der Waals surface area contributed by atoms with E-state index in [0.29, 0.717) is 4.73 Å². The van der Waals surface area contributed by atoms with Crippen LogP contribution in [0.5, 0.6) is 0 Å². The van der Waals surface area contributed by atoms with Crippen LogP contribution in [0.1, 0.15) is 0 Å². The molecule has 50 valence electrons. The molecule has 4 nitrogen and oxygen atoms in total. The van der Waals surface area contributed by atoms with E-state index in [2.05, 4.69) is 31.2 Å². The van der Waals surface area contributed by atoms with E-state index in [1.54, 1.807) is 10.7 Å². The van der Waals surface area contributed by atoms with Gasteiger partial charge in [0, 0.05) is 6.20 Å². The van der Waals surface area contributed by atoms with E-state index < -0.39 is 0 Å². The van der Waals surface area contributed by atoms with Gasteiger partial charge in [0.15, 0.2) is 5.65 Å². The molecule has 2 heterocycles. The second-order valence-electron chi connectivity index (χ2n) is 1.76. The van der Waals surface area contributed by atoms with Crippen molar-refractivity contribution >= 4 is 21.6 Å². The van der Waals surface area contributed by atoms with Crippen molar-refractivity contribution in [1.82, 2.24) is 19.8 Å². The summed E-state index contributed by atoms with van der Waals surface area (Å²) in [6.07, 6.45) is 1.68. The molecule has 0 N–H and O–H groups in total. The summed E-state index contributed by atoms with van der Waals surface area (Å²) in [4.78, 5) is 0. The molecule has 0 aliphatic rings. The van der Waals surface area contributed by atoms with E-state index >= 15 is 0 Å². The predicted octanol–water partition coefficient (Wildman–Crippen LogP) is 0.887. The van der Waals surface area contributed by atoms with Gasteiger partial charge in [-0.3, -0.25) is 0 Å². The normalized spacial score (nSPS) is 10.5. The molecule has 0 aliphatic carbocycles. The molecular weight excluding hydrogens is 196 g/mol. The van der Waals surface area contributed by atoms with Gasteiger partial charge in [-0.05, 0) is 28.1 Å². The average Bonchev–Trinajstić information content (AvgIpc) is 2.34. The van der Waals surface area contributed by atoms with Crippen molar-refractivity contribution in [2.45, 2.75) is 0 Å². The van der Waals surface area contributed by atoms with Crippen molar-refractivity contribution in [2.75, 3.05) is 0 Å². The Kier molecular flexibility index (Phi) is 1.17. The van der Waals surface area contributed by atoms with E-state index in [-0.39, 0.29) is 0 Å². The lowest BCUT2D eigenvalue weighted by Crippen LogP contribution is -1.88. The van der Waals surface area contributed by atoms with Gasteiger partial charge in [-0.2, -0.15) is 9.61 Å². The minimum atomic E-state index is 0.628. The monoisotopic (exact) mass is 198 g/mol. The molecule has 5 heteroatoms. The predicted molar refractivity (Wildman–Crippen MR) is 38.5 cm³/mol. The van der Waals surface area contributed by atoms with Gasteiger partial charge in [0.25, 0.3) is 0 Å². The highest BCUT2D eigenvalue weighted by Crippen LogP contribution is 2.05. The molecule has 0 atom stereocenters. The number of fused-ring (bicyclic) bond motifs is 1. The Hall–Kier alpha value is -0.970. The zero-order chi connectivity index (χ0) is 6.97. The Morgan fingerprint density at radius 3 is 3.10 bits per heavy atom. The summed E-state index contributed by atoms with van der Waals surface area (Å²) >= 11 is 3.19. The second kappa shape index (κ2) is 2.02. The lowest BCUT2D eigenvalue weighted by Gasteiger charge is -1.86. The molecule has 10 heavy (non-hydrogen) atoms. The van der Waals surface area contributed by atoms with Crippen molar-refractivity contribution in [3.8, 4) is 0 Å². The molecular formula is C5H3BrN4. The topological polar surface area (TPSA) is 43.1 Å². The van der Waals surface area contributed by atoms with E-state index in [4.69, 9.17) is 0 Å². The van der Waals surface area contributed by atoms with Crippen LogP contribution < -0.4 is 0 Å². The van der Waals surface area contributed by atoms with Gasteiger partial charge in [-0.1, -0.05) is 0 Å². The minimum absolute atomic E-state index is 0.628. The van der Waals surface area contributed by atoms with Crippen molar-refractivity contribution in [3.05, 3.63) is 23.1 Å². The van der Waals surface area contributed by atoms with Crippen molar-refractivity contribution < 1.29 is 0 Å². The summed E-state index contributed by atoms with van der Waals surface area (Å²) in [6, 6.07) is 3.65. The Labute approximate surface area is 65.0 Å². The molecule has 0 saturated carbocycles. The number of halogens is 1. The van der Waals surface area contributed by atoms with Gasteiger partial charge in [-0.25, -0.2) is 0 Å². The van der Waals surface area contributed by atoms with Gasteiger partial charge in [-0.15, -0.1) is 10.2 Å². The van der Waals surface area contributed by atoms with E-state index in [1.165, 1.54) is 0 Å². The van der Waals surface area contributed by atoms with Crippen LogP contribution in [0.3, 0.4) is 0 Å². The third kappa shape index (κ3) is 0.706. The van der Waals surface area contributed by atoms with Crippen LogP contribution in [-0.2, 0) is 0 Å². The minimum Gasteiger partial charge on any atom is -0.187 e. The fraction of sp³-hybridized carbons (Fsp3) is 0. The first-order valence-electron chi connectivity index (χ1n) is 2.70. The van der Waals surface area contributed by atoms with Crippen LogP contribution in [0, 0.1) is 0 Å². The quantitative estimate of drug-likeness (QED) is 0.632. The zero-order valence-corrected chi connectivity index (χ0v) is 6.48. The highest BCUT2D eigenvalue weighted by atomic mass is 79.9.